The number of rotatable bonds is 3. The Balaban J connectivity index is 2.23. The van der Waals surface area contributed by atoms with E-state index in [0.717, 1.165) is 16.3 Å². The fraction of sp³-hybridized carbons (Fsp3) is 0.222. The van der Waals surface area contributed by atoms with E-state index in [1.165, 1.54) is 0 Å². The van der Waals surface area contributed by atoms with E-state index in [9.17, 15) is 0 Å². The lowest BCUT2D eigenvalue weighted by Gasteiger charge is -2.04. The van der Waals surface area contributed by atoms with Crippen LogP contribution in [0.15, 0.2) is 22.3 Å². The van der Waals surface area contributed by atoms with E-state index in [1.54, 1.807) is 35.3 Å². The second-order valence-corrected chi connectivity index (χ2v) is 4.44. The minimum atomic E-state index is -0.129. The molecule has 0 bridgehead atoms. The Morgan fingerprint density at radius 2 is 2.36 bits per heavy atom. The average molecular weight is 226 g/mol. The molecule has 2 N–H and O–H groups in total. The van der Waals surface area contributed by atoms with Crippen molar-refractivity contribution < 1.29 is 4.74 Å². The zero-order chi connectivity index (χ0) is 9.97. The van der Waals surface area contributed by atoms with Crippen LogP contribution in [0.5, 0.6) is 5.75 Å². The molecule has 3 nitrogen and oxygen atoms in total. The topological polar surface area (TPSA) is 48.1 Å². The molecule has 5 heteroatoms. The summed E-state index contributed by atoms with van der Waals surface area (Å²) in [6.45, 7) is 0. The molecule has 0 aliphatic rings. The molecule has 0 fully saturated rings. The van der Waals surface area contributed by atoms with Crippen LogP contribution in [-0.4, -0.2) is 12.1 Å². The predicted octanol–water partition coefficient (Wildman–Crippen LogP) is 2.26. The summed E-state index contributed by atoms with van der Waals surface area (Å²) in [4.78, 5) is 5.26. The van der Waals surface area contributed by atoms with Gasteiger partial charge in [0.05, 0.1) is 24.4 Å². The van der Waals surface area contributed by atoms with E-state index >= 15 is 0 Å². The first-order valence-corrected chi connectivity index (χ1v) is 5.89. The second-order valence-electron chi connectivity index (χ2n) is 2.78. The Bertz CT molecular complexity index is 397. The number of thiophene rings is 1. The molecule has 1 atom stereocenters. The van der Waals surface area contributed by atoms with E-state index in [1.807, 2.05) is 16.8 Å². The first-order chi connectivity index (χ1) is 6.81. The molecule has 0 saturated heterocycles. The van der Waals surface area contributed by atoms with E-state index in [2.05, 4.69) is 4.98 Å². The molecule has 0 amide bonds. The average Bonchev–Trinajstić information content (AvgIpc) is 2.88. The Labute approximate surface area is 90.2 Å². The lowest BCUT2D eigenvalue weighted by atomic mass is 10.2. The standard InChI is InChI=1S/C9H10N2OS2/c1-12-6-2-8(14-3-6)9(10)7-4-13-5-11-7/h2-5,9H,10H2,1H3. The van der Waals surface area contributed by atoms with Crippen molar-refractivity contribution in [1.29, 1.82) is 0 Å². The quantitative estimate of drug-likeness (QED) is 0.873. The summed E-state index contributed by atoms with van der Waals surface area (Å²) in [6, 6.07) is 1.82. The van der Waals surface area contributed by atoms with Gasteiger partial charge in [-0.15, -0.1) is 22.7 Å². The highest BCUT2D eigenvalue weighted by Gasteiger charge is 2.13. The van der Waals surface area contributed by atoms with Crippen LogP contribution < -0.4 is 10.5 Å². The van der Waals surface area contributed by atoms with E-state index in [0.29, 0.717) is 0 Å². The van der Waals surface area contributed by atoms with Crippen molar-refractivity contribution in [1.82, 2.24) is 4.98 Å². The highest BCUT2D eigenvalue weighted by atomic mass is 32.1. The van der Waals surface area contributed by atoms with E-state index in [4.69, 9.17) is 10.5 Å². The number of aromatic nitrogens is 1. The molecule has 2 rings (SSSR count). The summed E-state index contributed by atoms with van der Waals surface area (Å²) in [5.41, 5.74) is 8.74. The van der Waals surface area contributed by atoms with Crippen molar-refractivity contribution in [2.75, 3.05) is 7.11 Å². The molecule has 0 saturated carbocycles. The monoisotopic (exact) mass is 226 g/mol. The number of hydrogen-bond acceptors (Lipinski definition) is 5. The third-order valence-corrected chi connectivity index (χ3v) is 3.51. The SMILES string of the molecule is COc1csc(C(N)c2cscn2)c1. The summed E-state index contributed by atoms with van der Waals surface area (Å²) < 4.78 is 5.10. The highest BCUT2D eigenvalue weighted by Crippen LogP contribution is 2.29. The smallest absolute Gasteiger partial charge is 0.129 e. The van der Waals surface area contributed by atoms with Gasteiger partial charge in [-0.05, 0) is 6.07 Å². The third-order valence-electron chi connectivity index (χ3n) is 1.91. The maximum absolute atomic E-state index is 6.03. The van der Waals surface area contributed by atoms with Crippen molar-refractivity contribution in [3.05, 3.63) is 32.9 Å². The van der Waals surface area contributed by atoms with Gasteiger partial charge in [0.15, 0.2) is 0 Å². The molecule has 0 aliphatic heterocycles. The number of ether oxygens (including phenoxy) is 1. The van der Waals surface area contributed by atoms with Gasteiger partial charge in [-0.2, -0.15) is 0 Å². The second kappa shape index (κ2) is 4.08. The Morgan fingerprint density at radius 3 is 2.93 bits per heavy atom. The van der Waals surface area contributed by atoms with Crippen LogP contribution in [0.3, 0.4) is 0 Å². The summed E-state index contributed by atoms with van der Waals surface area (Å²) in [7, 11) is 1.65. The van der Waals surface area contributed by atoms with Crippen molar-refractivity contribution in [3.63, 3.8) is 0 Å². The molecule has 14 heavy (non-hydrogen) atoms. The molecule has 2 heterocycles. The van der Waals surface area contributed by atoms with Crippen LogP contribution in [0.25, 0.3) is 0 Å². The minimum absolute atomic E-state index is 0.129. The summed E-state index contributed by atoms with van der Waals surface area (Å²) in [5, 5.41) is 3.92. The molecule has 2 aromatic heterocycles. The molecule has 0 aliphatic carbocycles. The summed E-state index contributed by atoms with van der Waals surface area (Å²) >= 11 is 3.15. The molecule has 2 aromatic rings. The largest absolute Gasteiger partial charge is 0.496 e. The highest BCUT2D eigenvalue weighted by molar-refractivity contribution is 7.10. The first-order valence-electron chi connectivity index (χ1n) is 4.07. The van der Waals surface area contributed by atoms with Gasteiger partial charge in [-0.25, -0.2) is 4.98 Å². The van der Waals surface area contributed by atoms with E-state index < -0.39 is 0 Å². The normalized spacial score (nSPS) is 12.7. The molecule has 1 unspecified atom stereocenters. The van der Waals surface area contributed by atoms with Crippen molar-refractivity contribution in [3.8, 4) is 5.75 Å². The zero-order valence-corrected chi connectivity index (χ0v) is 9.27. The van der Waals surface area contributed by atoms with Gasteiger partial charge in [0.2, 0.25) is 0 Å². The number of hydrogen-bond donors (Lipinski definition) is 1. The molecular weight excluding hydrogens is 216 g/mol. The van der Waals surface area contributed by atoms with Gasteiger partial charge < -0.3 is 10.5 Å². The maximum Gasteiger partial charge on any atom is 0.129 e. The van der Waals surface area contributed by atoms with Gasteiger partial charge in [-0.1, -0.05) is 0 Å². The van der Waals surface area contributed by atoms with Crippen LogP contribution in [0.2, 0.25) is 0 Å². The van der Waals surface area contributed by atoms with Crippen molar-refractivity contribution >= 4 is 22.7 Å². The Kier molecular flexibility index (Phi) is 2.81. The van der Waals surface area contributed by atoms with Crippen LogP contribution in [0.1, 0.15) is 16.6 Å². The van der Waals surface area contributed by atoms with Gasteiger partial charge in [0.25, 0.3) is 0 Å². The Hall–Kier alpha value is -0.910. The lowest BCUT2D eigenvalue weighted by molar-refractivity contribution is 0.416. The van der Waals surface area contributed by atoms with Gasteiger partial charge in [0.1, 0.15) is 5.75 Å². The molecule has 74 valence electrons. The zero-order valence-electron chi connectivity index (χ0n) is 7.64. The molecule has 0 radical (unpaired) electrons. The van der Waals surface area contributed by atoms with Crippen molar-refractivity contribution in [2.45, 2.75) is 6.04 Å². The van der Waals surface area contributed by atoms with Gasteiger partial charge in [-0.3, -0.25) is 0 Å². The summed E-state index contributed by atoms with van der Waals surface area (Å²) in [5.74, 6) is 0.857. The van der Waals surface area contributed by atoms with Gasteiger partial charge >= 0.3 is 0 Å². The fourth-order valence-electron chi connectivity index (χ4n) is 1.13. The summed E-state index contributed by atoms with van der Waals surface area (Å²) in [6.07, 6.45) is 0. The van der Waals surface area contributed by atoms with E-state index in [-0.39, 0.29) is 6.04 Å². The lowest BCUT2D eigenvalue weighted by Crippen LogP contribution is -2.10. The fourth-order valence-corrected chi connectivity index (χ4v) is 2.58. The predicted molar refractivity (Wildman–Crippen MR) is 59.0 cm³/mol. The molecular formula is C9H10N2OS2. The van der Waals surface area contributed by atoms with Crippen LogP contribution >= 0.6 is 22.7 Å². The number of nitrogens with zero attached hydrogens (tertiary/aromatic N) is 1. The van der Waals surface area contributed by atoms with Crippen LogP contribution in [-0.2, 0) is 0 Å². The number of nitrogens with two attached hydrogens (primary N) is 1. The van der Waals surface area contributed by atoms with Gasteiger partial charge in [0, 0.05) is 15.6 Å². The number of methoxy groups -OCH3 is 1. The molecule has 0 spiro atoms. The number of thiazole rings is 1. The van der Waals surface area contributed by atoms with Crippen LogP contribution in [0, 0.1) is 0 Å². The third kappa shape index (κ3) is 1.79. The Morgan fingerprint density at radius 1 is 1.50 bits per heavy atom. The first kappa shape index (κ1) is 9.64. The van der Waals surface area contributed by atoms with Crippen molar-refractivity contribution in [2.24, 2.45) is 5.73 Å². The molecule has 0 aromatic carbocycles. The maximum atomic E-state index is 6.03. The van der Waals surface area contributed by atoms with Crippen LogP contribution in [0.4, 0.5) is 0 Å². The minimum Gasteiger partial charge on any atom is -0.496 e.